The third-order valence-electron chi connectivity index (χ3n) is 18.0. The van der Waals surface area contributed by atoms with Crippen molar-refractivity contribution < 1.29 is 68.6 Å². The number of hydrogen-bond donors (Lipinski definition) is 9. The number of halogens is 8. The summed E-state index contributed by atoms with van der Waals surface area (Å²) in [7, 11) is 0. The molecular formula is C71H71F8N15O7. The van der Waals surface area contributed by atoms with Crippen molar-refractivity contribution in [2.45, 2.75) is 116 Å². The number of rotatable bonds is 18. The van der Waals surface area contributed by atoms with Crippen molar-refractivity contribution in [3.05, 3.63) is 210 Å². The molecule has 1 saturated heterocycles. The largest absolute Gasteiger partial charge is 0.383 e. The molecule has 6 aromatic carbocycles. The van der Waals surface area contributed by atoms with Crippen LogP contribution in [0.4, 0.5) is 52.6 Å². The van der Waals surface area contributed by atoms with Crippen LogP contribution in [0, 0.1) is 67.3 Å². The number of aryl methyl sites for hydroxylation is 3. The van der Waals surface area contributed by atoms with E-state index in [-0.39, 0.29) is 133 Å². The van der Waals surface area contributed by atoms with Crippen LogP contribution in [0.25, 0.3) is 33.8 Å². The Morgan fingerprint density at radius 2 is 0.822 bits per heavy atom. The zero-order valence-electron chi connectivity index (χ0n) is 54.9. The molecule has 4 heterocycles. The Bertz CT molecular complexity index is 4590. The summed E-state index contributed by atoms with van der Waals surface area (Å²) in [5.74, 6) is -12.0. The molecule has 0 radical (unpaired) electrons. The number of nitrogens with zero attached hydrogens (tertiary/aromatic N) is 6. The van der Waals surface area contributed by atoms with Gasteiger partial charge in [-0.1, -0.05) is 68.1 Å². The minimum Gasteiger partial charge on any atom is -0.383 e. The monoisotopic (exact) mass is 1400 g/mol. The summed E-state index contributed by atoms with van der Waals surface area (Å²) in [6.45, 7) is 4.94. The average molecular weight is 1400 g/mol. The van der Waals surface area contributed by atoms with Crippen molar-refractivity contribution in [2.24, 2.45) is 17.2 Å². The Labute approximate surface area is 572 Å². The topological polar surface area (TPSA) is 357 Å². The number of nitrogens with two attached hydrogens (primary N) is 6. The fourth-order valence-corrected chi connectivity index (χ4v) is 12.5. The second kappa shape index (κ2) is 30.8. The molecule has 3 aliphatic rings. The molecule has 9 aromatic rings. The number of hydrogen-bond acceptors (Lipinski definition) is 13. The lowest BCUT2D eigenvalue weighted by Gasteiger charge is -2.11. The Hall–Kier alpha value is -11.4. The maximum Gasteiger partial charge on any atom is 0.254 e. The number of anilines is 3. The number of primary amides is 3. The molecule has 2 aliphatic carbocycles. The number of benzene rings is 6. The van der Waals surface area contributed by atoms with Crippen LogP contribution in [-0.4, -0.2) is 78.0 Å². The summed E-state index contributed by atoms with van der Waals surface area (Å²) < 4.78 is 126. The lowest BCUT2D eigenvalue weighted by atomic mass is 10.0. The van der Waals surface area contributed by atoms with Crippen molar-refractivity contribution in [3.8, 4) is 33.8 Å². The molecule has 2 saturated carbocycles. The number of carbonyl (C=O) groups is 6. The van der Waals surface area contributed by atoms with Gasteiger partial charge in [-0.25, -0.2) is 49.2 Å². The molecule has 528 valence electrons. The summed E-state index contributed by atoms with van der Waals surface area (Å²) in [6, 6.07) is 21.1. The Balaban J connectivity index is 0.000000163. The highest BCUT2D eigenvalue weighted by Gasteiger charge is 2.34. The first kappa shape index (κ1) is 72.3. The van der Waals surface area contributed by atoms with Gasteiger partial charge < -0.3 is 55.1 Å². The molecule has 0 spiro atoms. The van der Waals surface area contributed by atoms with Crippen LogP contribution in [0.3, 0.4) is 0 Å². The molecule has 12 rings (SSSR count). The van der Waals surface area contributed by atoms with Crippen LogP contribution in [0.15, 0.2) is 97.1 Å². The smallest absolute Gasteiger partial charge is 0.254 e. The molecule has 1 unspecified atom stereocenters. The number of carbonyl (C=O) groups excluding carboxylic acids is 6. The number of nitrogens with one attached hydrogen (secondary N) is 3. The summed E-state index contributed by atoms with van der Waals surface area (Å²) in [6.07, 6.45) is 7.82. The fraction of sp³-hybridized carbons (Fsp3) is 0.282. The molecule has 15 N–H and O–H groups in total. The second-order valence-electron chi connectivity index (χ2n) is 24.7. The van der Waals surface area contributed by atoms with E-state index in [9.17, 15) is 50.7 Å². The maximum absolute atomic E-state index is 15.1. The van der Waals surface area contributed by atoms with E-state index in [1.807, 2.05) is 0 Å². The van der Waals surface area contributed by atoms with Crippen molar-refractivity contribution in [2.75, 3.05) is 30.4 Å². The quantitative estimate of drug-likeness (QED) is 0.0361. The highest BCUT2D eigenvalue weighted by Crippen LogP contribution is 2.40. The third-order valence-corrected chi connectivity index (χ3v) is 18.0. The van der Waals surface area contributed by atoms with E-state index in [2.05, 4.69) is 31.2 Å². The SMILES string of the molecule is Cc1ccc(F)cc1C(=O)NCc1cc(F)c(-c2nn(C3CCOC3)c(N)c2C(N)=O)cc1F.Cc1ccc(F)cc1C(=O)NCc1ccc(-c2nn(C3CCCC3)c(N)c2C(N)=O)c(F)c1F.Cc1ccccc1C(=O)NCc1ccc(-c2nn(C3CCCC3)c(N)c2C(N)=O)c(F)c1F. The van der Waals surface area contributed by atoms with Gasteiger partial charge in [0.25, 0.3) is 35.4 Å². The van der Waals surface area contributed by atoms with E-state index in [0.717, 1.165) is 81.2 Å². The van der Waals surface area contributed by atoms with Gasteiger partial charge in [-0.3, -0.25) is 28.8 Å². The molecule has 0 bridgehead atoms. The van der Waals surface area contributed by atoms with Crippen LogP contribution >= 0.6 is 0 Å². The van der Waals surface area contributed by atoms with Crippen LogP contribution in [-0.2, 0) is 24.4 Å². The molecular weight excluding hydrogens is 1330 g/mol. The van der Waals surface area contributed by atoms with Gasteiger partial charge in [0.1, 0.15) is 74.5 Å². The van der Waals surface area contributed by atoms with Gasteiger partial charge in [-0.15, -0.1) is 0 Å². The molecule has 1 atom stereocenters. The van der Waals surface area contributed by atoms with Crippen molar-refractivity contribution in [1.82, 2.24) is 45.3 Å². The summed E-state index contributed by atoms with van der Waals surface area (Å²) in [5.41, 5.74) is 35.2. The van der Waals surface area contributed by atoms with Crippen molar-refractivity contribution >= 4 is 52.9 Å². The van der Waals surface area contributed by atoms with E-state index in [1.54, 1.807) is 45.0 Å². The van der Waals surface area contributed by atoms with E-state index >= 15 is 13.2 Å². The summed E-state index contributed by atoms with van der Waals surface area (Å²) >= 11 is 0. The van der Waals surface area contributed by atoms with Crippen molar-refractivity contribution in [1.29, 1.82) is 0 Å². The van der Waals surface area contributed by atoms with E-state index in [4.69, 9.17) is 39.1 Å². The fourth-order valence-electron chi connectivity index (χ4n) is 12.5. The minimum atomic E-state index is -1.24. The highest BCUT2D eigenvalue weighted by atomic mass is 19.2. The van der Waals surface area contributed by atoms with Gasteiger partial charge in [0.2, 0.25) is 0 Å². The van der Waals surface area contributed by atoms with Gasteiger partial charge in [0, 0.05) is 76.3 Å². The molecule has 30 heteroatoms. The normalized spacial score (nSPS) is 14.4. The molecule has 3 fully saturated rings. The first-order valence-corrected chi connectivity index (χ1v) is 32.1. The predicted molar refractivity (Wildman–Crippen MR) is 358 cm³/mol. The lowest BCUT2D eigenvalue weighted by molar-refractivity contribution is 0.0941. The highest BCUT2D eigenvalue weighted by molar-refractivity contribution is 6.05. The first-order chi connectivity index (χ1) is 48.1. The Morgan fingerprint density at radius 1 is 0.436 bits per heavy atom. The number of nitrogen functional groups attached to an aromatic ring is 3. The number of amides is 6. The first-order valence-electron chi connectivity index (χ1n) is 32.1. The van der Waals surface area contributed by atoms with E-state index in [0.29, 0.717) is 36.3 Å². The predicted octanol–water partition coefficient (Wildman–Crippen LogP) is 10.7. The standard InChI is InChI=1S/C24H24F3N5O2.C24H25F2N5O2.C23H22F3N5O3/c1-12-6-8-14(25)10-17(12)24(34)30-11-13-7-9-16(20(27)19(13)26)21-18(23(29)33)22(28)32(31-21)15-4-2-3-5-15;1-13-6-2-5-9-16(13)24(33)29-12-14-10-11-17(20(26)19(14)25)21-18(23(28)32)22(27)31(30-21)15-7-3-4-8-15;1-11-2-3-13(24)7-15(11)23(33)29-9-12-6-18(26)16(8-17(12)25)20-19(22(28)32)21(27)31(30-20)14-4-5-34-10-14/h6-10,15H,2-5,11,28H2,1H3,(H2,29,33)(H,30,34);2,5-6,9-11,15H,3-4,7-8,12,27H2,1H3,(H2,28,32)(H,29,33);2-3,6-8,14H,4-5,9-10,27H2,1H3,(H2,28,32)(H,29,33). The molecule has 6 amide bonds. The van der Waals surface area contributed by atoms with Gasteiger partial charge in [0.05, 0.1) is 24.7 Å². The Morgan fingerprint density at radius 3 is 1.23 bits per heavy atom. The van der Waals surface area contributed by atoms with Gasteiger partial charge >= 0.3 is 0 Å². The van der Waals surface area contributed by atoms with Gasteiger partial charge in [0.15, 0.2) is 23.3 Å². The number of aromatic nitrogens is 6. The van der Waals surface area contributed by atoms with Crippen LogP contribution < -0.4 is 50.4 Å². The molecule has 1 aliphatic heterocycles. The van der Waals surface area contributed by atoms with Gasteiger partial charge in [-0.05, 0) is 124 Å². The number of ether oxygens (including phenoxy) is 1. The third kappa shape index (κ3) is 15.4. The second-order valence-corrected chi connectivity index (χ2v) is 24.7. The van der Waals surface area contributed by atoms with Crippen LogP contribution in [0.1, 0.15) is 171 Å². The Kier molecular flexibility index (Phi) is 22.0. The van der Waals surface area contributed by atoms with E-state index < -0.39 is 82.0 Å². The van der Waals surface area contributed by atoms with E-state index in [1.165, 1.54) is 62.6 Å². The molecule has 22 nitrogen and oxygen atoms in total. The van der Waals surface area contributed by atoms with Crippen LogP contribution in [0.2, 0.25) is 0 Å². The van der Waals surface area contributed by atoms with Gasteiger partial charge in [-0.2, -0.15) is 15.3 Å². The maximum atomic E-state index is 15.1. The zero-order valence-corrected chi connectivity index (χ0v) is 54.9. The summed E-state index contributed by atoms with van der Waals surface area (Å²) in [4.78, 5) is 73.4. The van der Waals surface area contributed by atoms with Crippen molar-refractivity contribution in [3.63, 3.8) is 0 Å². The van der Waals surface area contributed by atoms with Crippen LogP contribution in [0.5, 0.6) is 0 Å². The minimum absolute atomic E-state index is 0.0133. The summed E-state index contributed by atoms with van der Waals surface area (Å²) in [5, 5.41) is 20.4. The molecule has 3 aromatic heterocycles. The lowest BCUT2D eigenvalue weighted by Crippen LogP contribution is -2.24. The zero-order chi connectivity index (χ0) is 72.8. The molecule has 101 heavy (non-hydrogen) atoms. The average Bonchev–Trinajstić information content (AvgIpc) is 1.65.